The summed E-state index contributed by atoms with van der Waals surface area (Å²) in [6.07, 6.45) is -11.6. The van der Waals surface area contributed by atoms with Gasteiger partial charge in [0.2, 0.25) is 0 Å². The van der Waals surface area contributed by atoms with E-state index in [1.807, 2.05) is 6.07 Å². The molecule has 2 heterocycles. The van der Waals surface area contributed by atoms with Gasteiger partial charge in [-0.05, 0) is 30.5 Å². The number of ether oxygens (including phenoxy) is 1. The van der Waals surface area contributed by atoms with E-state index in [0.29, 0.717) is 4.68 Å². The summed E-state index contributed by atoms with van der Waals surface area (Å²) in [7, 11) is 0.720. The second-order valence-corrected chi connectivity index (χ2v) is 9.43. The zero-order valence-electron chi connectivity index (χ0n) is 20.8. The molecular formula is C23H15ClF8N6O4. The first kappa shape index (κ1) is 30.6. The van der Waals surface area contributed by atoms with Gasteiger partial charge >= 0.3 is 24.4 Å². The first-order chi connectivity index (χ1) is 19.3. The molecule has 1 aliphatic rings. The van der Waals surface area contributed by atoms with Crippen molar-refractivity contribution in [1.29, 1.82) is 5.26 Å². The van der Waals surface area contributed by atoms with Gasteiger partial charge in [-0.15, -0.1) is 0 Å². The van der Waals surface area contributed by atoms with Crippen molar-refractivity contribution in [2.75, 3.05) is 6.73 Å². The van der Waals surface area contributed by atoms with Gasteiger partial charge in [0.15, 0.2) is 18.2 Å². The molecule has 0 saturated heterocycles. The molecule has 2 aromatic heterocycles. The van der Waals surface area contributed by atoms with Gasteiger partial charge in [0.1, 0.15) is 11.1 Å². The average Bonchev–Trinajstić information content (AvgIpc) is 3.34. The molecule has 0 unspecified atom stereocenters. The highest BCUT2D eigenvalue weighted by Crippen LogP contribution is 2.49. The van der Waals surface area contributed by atoms with Crippen LogP contribution in [0.1, 0.15) is 34.5 Å². The number of aromatic nitrogens is 4. The van der Waals surface area contributed by atoms with Crippen molar-refractivity contribution in [2.24, 2.45) is 7.05 Å². The zero-order chi connectivity index (χ0) is 31.4. The number of rotatable bonds is 7. The van der Waals surface area contributed by atoms with Crippen LogP contribution in [0.5, 0.6) is 0 Å². The molecule has 4 rings (SSSR count). The minimum absolute atomic E-state index is 0.0334. The van der Waals surface area contributed by atoms with Crippen LogP contribution >= 0.6 is 11.6 Å². The van der Waals surface area contributed by atoms with Gasteiger partial charge < -0.3 is 9.84 Å². The highest BCUT2D eigenvalue weighted by atomic mass is 35.5. The molecule has 0 radical (unpaired) electrons. The van der Waals surface area contributed by atoms with Crippen LogP contribution in [0.25, 0.3) is 16.9 Å². The van der Waals surface area contributed by atoms with Gasteiger partial charge in [0, 0.05) is 18.8 Å². The summed E-state index contributed by atoms with van der Waals surface area (Å²) in [5.74, 6) is -8.12. The van der Waals surface area contributed by atoms with Crippen LogP contribution in [-0.4, -0.2) is 60.1 Å². The number of nitrogens with zero attached hydrogens (tertiary/aromatic N) is 6. The molecule has 3 aromatic rings. The standard InChI is InChI=1S/C23H15ClF8N6O4/c1-36-17(15(22(27,28)29)16(35-36)21(25,26)23(30,31)32)38-8-12(7-34-38)11-2-3-14(24)13(6-11)18(39)37(10-42-19(40)41)20(9-33)4-5-20/h2-3,6-8H,4-5,10H2,1H3,(H,40,41). The van der Waals surface area contributed by atoms with Gasteiger partial charge in [-0.25, -0.2) is 14.2 Å². The second-order valence-electron chi connectivity index (χ2n) is 9.02. The van der Waals surface area contributed by atoms with Gasteiger partial charge in [-0.3, -0.25) is 9.69 Å². The van der Waals surface area contributed by atoms with Gasteiger partial charge in [-0.1, -0.05) is 17.7 Å². The molecular weight excluding hydrogens is 612 g/mol. The lowest BCUT2D eigenvalue weighted by atomic mass is 10.0. The minimum Gasteiger partial charge on any atom is -0.450 e. The molecule has 19 heteroatoms. The lowest BCUT2D eigenvalue weighted by Gasteiger charge is -2.26. The third-order valence-electron chi connectivity index (χ3n) is 6.29. The largest absolute Gasteiger partial charge is 0.507 e. The Kier molecular flexibility index (Phi) is 7.38. The van der Waals surface area contributed by atoms with E-state index in [4.69, 9.17) is 16.7 Å². The summed E-state index contributed by atoms with van der Waals surface area (Å²) in [5, 5.41) is 24.7. The van der Waals surface area contributed by atoms with Crippen molar-refractivity contribution in [3.8, 4) is 23.0 Å². The number of benzene rings is 1. The summed E-state index contributed by atoms with van der Waals surface area (Å²) in [4.78, 5) is 25.0. The molecule has 42 heavy (non-hydrogen) atoms. The van der Waals surface area contributed by atoms with Crippen LogP contribution < -0.4 is 0 Å². The maximum Gasteiger partial charge on any atom is 0.507 e. The average molecular weight is 627 g/mol. The fraction of sp³-hybridized carbons (Fsp3) is 0.348. The number of hydrogen-bond acceptors (Lipinski definition) is 6. The number of hydrogen-bond donors (Lipinski definition) is 1. The van der Waals surface area contributed by atoms with E-state index in [2.05, 4.69) is 14.9 Å². The molecule has 0 spiro atoms. The maximum absolute atomic E-state index is 14.0. The van der Waals surface area contributed by atoms with Crippen molar-refractivity contribution in [2.45, 2.75) is 36.7 Å². The van der Waals surface area contributed by atoms with E-state index < -0.39 is 59.7 Å². The monoisotopic (exact) mass is 626 g/mol. The van der Waals surface area contributed by atoms with Crippen LogP contribution in [0.4, 0.5) is 39.9 Å². The predicted octanol–water partition coefficient (Wildman–Crippen LogP) is 5.75. The Morgan fingerprint density at radius 2 is 1.81 bits per heavy atom. The van der Waals surface area contributed by atoms with Crippen molar-refractivity contribution < 1.29 is 54.6 Å². The first-order valence-corrected chi connectivity index (χ1v) is 11.7. The van der Waals surface area contributed by atoms with Gasteiger partial charge in [0.25, 0.3) is 5.91 Å². The topological polar surface area (TPSA) is 126 Å². The molecule has 1 N–H and O–H groups in total. The predicted molar refractivity (Wildman–Crippen MR) is 123 cm³/mol. The quantitative estimate of drug-likeness (QED) is 0.201. The van der Waals surface area contributed by atoms with Crippen LogP contribution in [0.15, 0.2) is 30.6 Å². The Morgan fingerprint density at radius 3 is 2.33 bits per heavy atom. The number of amides is 1. The molecule has 224 valence electrons. The third kappa shape index (κ3) is 5.31. The number of carboxylic acid groups (broad SMARTS) is 1. The molecule has 10 nitrogen and oxygen atoms in total. The smallest absolute Gasteiger partial charge is 0.450 e. The van der Waals surface area contributed by atoms with E-state index in [1.165, 1.54) is 12.1 Å². The molecule has 1 amide bonds. The summed E-state index contributed by atoms with van der Waals surface area (Å²) in [6, 6.07) is 5.56. The van der Waals surface area contributed by atoms with Crippen LogP contribution in [-0.2, 0) is 23.9 Å². The second kappa shape index (κ2) is 10.2. The van der Waals surface area contributed by atoms with E-state index in [9.17, 15) is 50.0 Å². The van der Waals surface area contributed by atoms with Crippen LogP contribution in [0.3, 0.4) is 0 Å². The van der Waals surface area contributed by atoms with Crippen molar-refractivity contribution in [3.63, 3.8) is 0 Å². The van der Waals surface area contributed by atoms with Crippen LogP contribution in [0, 0.1) is 11.3 Å². The fourth-order valence-corrected chi connectivity index (χ4v) is 4.25. The highest BCUT2D eigenvalue weighted by Gasteiger charge is 2.64. The summed E-state index contributed by atoms with van der Waals surface area (Å²) in [6.45, 7) is -0.814. The third-order valence-corrected chi connectivity index (χ3v) is 6.62. The van der Waals surface area contributed by atoms with Gasteiger partial charge in [-0.2, -0.15) is 50.6 Å². The Balaban J connectivity index is 1.77. The Hall–Kier alpha value is -4.40. The molecule has 1 fully saturated rings. The van der Waals surface area contributed by atoms with Gasteiger partial charge in [0.05, 0.1) is 22.9 Å². The molecule has 0 bridgehead atoms. The van der Waals surface area contributed by atoms with Crippen LogP contribution in [0.2, 0.25) is 5.02 Å². The maximum atomic E-state index is 14.0. The lowest BCUT2D eigenvalue weighted by molar-refractivity contribution is -0.292. The molecule has 0 aliphatic heterocycles. The number of halogens is 9. The normalized spacial score (nSPS) is 14.8. The minimum atomic E-state index is -6.38. The fourth-order valence-electron chi connectivity index (χ4n) is 4.05. The molecule has 1 saturated carbocycles. The molecule has 0 atom stereocenters. The molecule has 1 aliphatic carbocycles. The number of carbonyl (C=O) groups excluding carboxylic acids is 1. The first-order valence-electron chi connectivity index (χ1n) is 11.4. The molecule has 1 aromatic carbocycles. The van der Waals surface area contributed by atoms with E-state index in [0.717, 1.165) is 30.4 Å². The summed E-state index contributed by atoms with van der Waals surface area (Å²) < 4.78 is 113. The Bertz CT molecular complexity index is 1600. The van der Waals surface area contributed by atoms with Crippen molar-refractivity contribution >= 4 is 23.7 Å². The Labute approximate surface area is 234 Å². The zero-order valence-corrected chi connectivity index (χ0v) is 21.5. The van der Waals surface area contributed by atoms with Crippen molar-refractivity contribution in [3.05, 3.63) is 52.4 Å². The number of nitriles is 1. The highest BCUT2D eigenvalue weighted by molar-refractivity contribution is 6.34. The SMILES string of the molecule is Cn1nc(C(F)(F)C(F)(F)F)c(C(F)(F)F)c1-n1cc(-c2ccc(Cl)c(C(=O)N(COC(=O)O)C3(C#N)CC3)c2)cn1. The van der Waals surface area contributed by atoms with Crippen molar-refractivity contribution in [1.82, 2.24) is 24.5 Å². The van der Waals surface area contributed by atoms with E-state index >= 15 is 0 Å². The summed E-state index contributed by atoms with van der Waals surface area (Å²) in [5.41, 5.74) is -6.51. The van der Waals surface area contributed by atoms with E-state index in [1.54, 1.807) is 0 Å². The lowest BCUT2D eigenvalue weighted by Crippen LogP contribution is -2.43. The number of carbonyl (C=O) groups is 2. The number of aryl methyl sites for hydroxylation is 1. The Morgan fingerprint density at radius 1 is 1.17 bits per heavy atom. The van der Waals surface area contributed by atoms with E-state index in [-0.39, 0.29) is 39.2 Å². The summed E-state index contributed by atoms with van der Waals surface area (Å²) >= 11 is 6.17. The number of alkyl halides is 8.